The van der Waals surface area contributed by atoms with Crippen LogP contribution >= 0.6 is 0 Å². The van der Waals surface area contributed by atoms with Crippen LogP contribution in [-0.4, -0.2) is 22.2 Å². The van der Waals surface area contributed by atoms with Crippen molar-refractivity contribution in [3.8, 4) is 0 Å². The van der Waals surface area contributed by atoms with E-state index in [9.17, 15) is 19.8 Å². The first-order chi connectivity index (χ1) is 8.10. The van der Waals surface area contributed by atoms with E-state index in [1.165, 1.54) is 13.8 Å². The van der Waals surface area contributed by atoms with Crippen LogP contribution in [0.1, 0.15) is 46.5 Å². The maximum absolute atomic E-state index is 11.4. The van der Waals surface area contributed by atoms with Crippen LogP contribution < -0.4 is 0 Å². The number of benzene rings is 1. The van der Waals surface area contributed by atoms with Crippen molar-refractivity contribution in [2.45, 2.75) is 40.0 Å². The summed E-state index contributed by atoms with van der Waals surface area (Å²) in [7, 11) is 0. The second-order valence-corrected chi connectivity index (χ2v) is 5.12. The molecular formula is C14H18O4. The second kappa shape index (κ2) is 4.44. The van der Waals surface area contributed by atoms with Gasteiger partial charge in [-0.1, -0.05) is 6.07 Å². The summed E-state index contributed by atoms with van der Waals surface area (Å²) in [6.45, 7) is 8.37. The molecule has 0 bridgehead atoms. The molecule has 0 unspecified atom stereocenters. The van der Waals surface area contributed by atoms with Crippen molar-refractivity contribution in [2.75, 3.05) is 0 Å². The highest BCUT2D eigenvalue weighted by molar-refractivity contribution is 5.95. The molecule has 1 aromatic rings. The Hall–Kier alpha value is -1.84. The molecular weight excluding hydrogens is 232 g/mol. The number of rotatable bonds is 3. The number of aliphatic carboxylic acids is 1. The largest absolute Gasteiger partial charge is 0.481 e. The third kappa shape index (κ3) is 2.10. The molecule has 0 saturated heterocycles. The summed E-state index contributed by atoms with van der Waals surface area (Å²) in [6.07, 6.45) is 0. The van der Waals surface area contributed by atoms with Crippen molar-refractivity contribution < 1.29 is 19.8 Å². The molecule has 0 heterocycles. The predicted octanol–water partition coefficient (Wildman–Crippen LogP) is 2.67. The topological polar surface area (TPSA) is 74.6 Å². The van der Waals surface area contributed by atoms with Gasteiger partial charge in [0.2, 0.25) is 0 Å². The first-order valence-corrected chi connectivity index (χ1v) is 5.68. The minimum atomic E-state index is -1.23. The van der Waals surface area contributed by atoms with Gasteiger partial charge in [-0.15, -0.1) is 0 Å². The Morgan fingerprint density at radius 1 is 1.06 bits per heavy atom. The Labute approximate surface area is 106 Å². The van der Waals surface area contributed by atoms with E-state index in [0.29, 0.717) is 11.1 Å². The van der Waals surface area contributed by atoms with E-state index < -0.39 is 17.4 Å². The molecule has 0 aromatic heterocycles. The lowest BCUT2D eigenvalue weighted by Crippen LogP contribution is -2.32. The highest BCUT2D eigenvalue weighted by Crippen LogP contribution is 2.33. The van der Waals surface area contributed by atoms with Gasteiger partial charge in [0, 0.05) is 0 Å². The molecule has 1 aromatic carbocycles. The van der Waals surface area contributed by atoms with Crippen LogP contribution in [0.3, 0.4) is 0 Å². The van der Waals surface area contributed by atoms with Gasteiger partial charge in [0.05, 0.1) is 11.0 Å². The first-order valence-electron chi connectivity index (χ1n) is 5.68. The lowest BCUT2D eigenvalue weighted by atomic mass is 9.76. The summed E-state index contributed by atoms with van der Waals surface area (Å²) in [5.41, 5.74) is 1.49. The standard InChI is InChI=1S/C14H18O4/c1-7-6-8(2)10(12(15)16)11(9(7)3)14(4,5)13(17)18/h6H,1-5H3,(H,15,16)(H,17,18). The molecule has 0 aliphatic rings. The fourth-order valence-corrected chi connectivity index (χ4v) is 2.25. The number of carboxylic acid groups (broad SMARTS) is 2. The van der Waals surface area contributed by atoms with Crippen LogP contribution in [0.15, 0.2) is 6.07 Å². The Bertz CT molecular complexity index is 527. The third-order valence-corrected chi connectivity index (χ3v) is 3.42. The van der Waals surface area contributed by atoms with E-state index in [-0.39, 0.29) is 5.56 Å². The zero-order valence-corrected chi connectivity index (χ0v) is 11.3. The van der Waals surface area contributed by atoms with Crippen LogP contribution in [0.25, 0.3) is 0 Å². The second-order valence-electron chi connectivity index (χ2n) is 5.12. The van der Waals surface area contributed by atoms with Crippen molar-refractivity contribution in [3.05, 3.63) is 33.9 Å². The molecule has 0 atom stereocenters. The summed E-state index contributed by atoms with van der Waals surface area (Å²) in [5.74, 6) is -2.11. The van der Waals surface area contributed by atoms with Gasteiger partial charge in [-0.2, -0.15) is 0 Å². The fourth-order valence-electron chi connectivity index (χ4n) is 2.25. The lowest BCUT2D eigenvalue weighted by molar-refractivity contribution is -0.142. The van der Waals surface area contributed by atoms with Gasteiger partial charge in [-0.25, -0.2) is 4.79 Å². The SMILES string of the molecule is Cc1cc(C)c(C(=O)O)c(C(C)(C)C(=O)O)c1C. The summed E-state index contributed by atoms with van der Waals surface area (Å²) in [4.78, 5) is 22.8. The van der Waals surface area contributed by atoms with E-state index >= 15 is 0 Å². The number of carbonyl (C=O) groups is 2. The summed E-state index contributed by atoms with van der Waals surface area (Å²) >= 11 is 0. The highest BCUT2D eigenvalue weighted by Gasteiger charge is 2.36. The Kier molecular flexibility index (Phi) is 3.51. The van der Waals surface area contributed by atoms with Gasteiger partial charge in [0.15, 0.2) is 0 Å². The molecule has 0 spiro atoms. The smallest absolute Gasteiger partial charge is 0.336 e. The Morgan fingerprint density at radius 2 is 1.56 bits per heavy atom. The molecule has 0 fully saturated rings. The Balaban J connectivity index is 3.80. The highest BCUT2D eigenvalue weighted by atomic mass is 16.4. The molecule has 0 aliphatic heterocycles. The van der Waals surface area contributed by atoms with E-state index in [1.807, 2.05) is 6.92 Å². The van der Waals surface area contributed by atoms with E-state index in [1.54, 1.807) is 19.9 Å². The first kappa shape index (κ1) is 14.2. The third-order valence-electron chi connectivity index (χ3n) is 3.42. The van der Waals surface area contributed by atoms with Gasteiger partial charge in [0.1, 0.15) is 0 Å². The molecule has 4 nitrogen and oxygen atoms in total. The van der Waals surface area contributed by atoms with Crippen LogP contribution in [0.5, 0.6) is 0 Å². The van der Waals surface area contributed by atoms with Gasteiger partial charge in [-0.3, -0.25) is 4.79 Å². The van der Waals surface area contributed by atoms with Crippen LogP contribution in [0.4, 0.5) is 0 Å². The summed E-state index contributed by atoms with van der Waals surface area (Å²) < 4.78 is 0. The number of hydrogen-bond acceptors (Lipinski definition) is 2. The number of carboxylic acids is 2. The number of hydrogen-bond donors (Lipinski definition) is 2. The van der Waals surface area contributed by atoms with Crippen molar-refractivity contribution in [3.63, 3.8) is 0 Å². The quantitative estimate of drug-likeness (QED) is 0.864. The van der Waals surface area contributed by atoms with Crippen molar-refractivity contribution in [2.24, 2.45) is 0 Å². The normalized spacial score (nSPS) is 11.4. The zero-order chi connectivity index (χ0) is 14.2. The molecule has 18 heavy (non-hydrogen) atoms. The van der Waals surface area contributed by atoms with E-state index in [2.05, 4.69) is 0 Å². The molecule has 98 valence electrons. The number of aromatic carboxylic acids is 1. The molecule has 0 radical (unpaired) electrons. The molecule has 0 amide bonds. The summed E-state index contributed by atoms with van der Waals surface area (Å²) in [5, 5.41) is 18.6. The van der Waals surface area contributed by atoms with Crippen LogP contribution in [0.2, 0.25) is 0 Å². The molecule has 2 N–H and O–H groups in total. The minimum Gasteiger partial charge on any atom is -0.481 e. The van der Waals surface area contributed by atoms with E-state index in [4.69, 9.17) is 0 Å². The van der Waals surface area contributed by atoms with Crippen molar-refractivity contribution >= 4 is 11.9 Å². The average molecular weight is 250 g/mol. The Morgan fingerprint density at radius 3 is 1.94 bits per heavy atom. The predicted molar refractivity (Wildman–Crippen MR) is 68.3 cm³/mol. The van der Waals surface area contributed by atoms with Crippen molar-refractivity contribution in [1.82, 2.24) is 0 Å². The van der Waals surface area contributed by atoms with Gasteiger partial charge < -0.3 is 10.2 Å². The van der Waals surface area contributed by atoms with E-state index in [0.717, 1.165) is 11.1 Å². The monoisotopic (exact) mass is 250 g/mol. The lowest BCUT2D eigenvalue weighted by Gasteiger charge is -2.26. The summed E-state index contributed by atoms with van der Waals surface area (Å²) in [6, 6.07) is 1.78. The fraction of sp³-hybridized carbons (Fsp3) is 0.429. The maximum atomic E-state index is 11.4. The van der Waals surface area contributed by atoms with Gasteiger partial charge in [0.25, 0.3) is 0 Å². The zero-order valence-electron chi connectivity index (χ0n) is 11.3. The minimum absolute atomic E-state index is 0.102. The van der Waals surface area contributed by atoms with Crippen molar-refractivity contribution in [1.29, 1.82) is 0 Å². The molecule has 4 heteroatoms. The van der Waals surface area contributed by atoms with Gasteiger partial charge in [-0.05, 0) is 56.9 Å². The van der Waals surface area contributed by atoms with Gasteiger partial charge >= 0.3 is 11.9 Å². The maximum Gasteiger partial charge on any atom is 0.336 e. The molecule has 0 aliphatic carbocycles. The average Bonchev–Trinajstić information content (AvgIpc) is 2.21. The molecule has 1 rings (SSSR count). The van der Waals surface area contributed by atoms with Crippen LogP contribution in [-0.2, 0) is 10.2 Å². The van der Waals surface area contributed by atoms with Crippen LogP contribution in [0, 0.1) is 20.8 Å². The molecule has 0 saturated carbocycles. The number of aryl methyl sites for hydroxylation is 2.